The van der Waals surface area contributed by atoms with Crippen LogP contribution in [0.15, 0.2) is 72.8 Å². The van der Waals surface area contributed by atoms with Crippen LogP contribution in [0.1, 0.15) is 0 Å². The lowest BCUT2D eigenvalue weighted by Crippen LogP contribution is -2.61. The van der Waals surface area contributed by atoms with E-state index in [4.69, 9.17) is 9.47 Å². The summed E-state index contributed by atoms with van der Waals surface area (Å²) in [6.07, 6.45) is -0.377. The molecule has 0 atom stereocenters. The SMILES string of the molecule is O=C1Oc2cccc3cc4c5c(c23)N1c1ccccc1B5c1ccccc1O4. The molecule has 130 valence electrons. The smallest absolute Gasteiger partial charge is 0.424 e. The Hall–Kier alpha value is -3.73. The first-order chi connectivity index (χ1) is 13.8. The van der Waals surface area contributed by atoms with Crippen molar-refractivity contribution >= 4 is 51.3 Å². The molecule has 4 aromatic carbocycles. The number of carbonyl (C=O) groups excluding carboxylic acids is 1. The summed E-state index contributed by atoms with van der Waals surface area (Å²) in [6.45, 7) is 0.0192. The van der Waals surface area contributed by atoms with Crippen molar-refractivity contribution in [2.24, 2.45) is 0 Å². The molecule has 3 aliphatic rings. The van der Waals surface area contributed by atoms with E-state index in [1.54, 1.807) is 4.90 Å². The number of amides is 1. The van der Waals surface area contributed by atoms with Crippen LogP contribution in [-0.2, 0) is 0 Å². The molecule has 7 rings (SSSR count). The zero-order valence-corrected chi connectivity index (χ0v) is 14.7. The van der Waals surface area contributed by atoms with Crippen LogP contribution < -0.4 is 30.8 Å². The van der Waals surface area contributed by atoms with Crippen molar-refractivity contribution in [1.29, 1.82) is 0 Å². The fourth-order valence-corrected chi connectivity index (χ4v) is 4.87. The Morgan fingerprint density at radius 2 is 1.54 bits per heavy atom. The molecule has 0 aromatic heterocycles. The minimum Gasteiger partial charge on any atom is -0.458 e. The molecule has 3 aliphatic heterocycles. The van der Waals surface area contributed by atoms with Crippen molar-refractivity contribution in [3.05, 3.63) is 72.8 Å². The molecule has 5 heteroatoms. The van der Waals surface area contributed by atoms with Gasteiger partial charge in [-0.3, -0.25) is 0 Å². The van der Waals surface area contributed by atoms with Crippen molar-refractivity contribution in [2.75, 3.05) is 4.90 Å². The average Bonchev–Trinajstić information content (AvgIpc) is 2.73. The Morgan fingerprint density at radius 1 is 0.750 bits per heavy atom. The molecule has 1 amide bonds. The van der Waals surface area contributed by atoms with Crippen LogP contribution in [0.4, 0.5) is 16.2 Å². The lowest BCUT2D eigenvalue weighted by atomic mass is 9.34. The van der Waals surface area contributed by atoms with Crippen molar-refractivity contribution in [3.63, 3.8) is 0 Å². The number of ether oxygens (including phenoxy) is 2. The zero-order valence-electron chi connectivity index (χ0n) is 14.7. The number of hydrogen-bond acceptors (Lipinski definition) is 3. The molecule has 4 nitrogen and oxygen atoms in total. The molecule has 0 saturated carbocycles. The monoisotopic (exact) mass is 361 g/mol. The van der Waals surface area contributed by atoms with Crippen molar-refractivity contribution in [2.45, 2.75) is 0 Å². The highest BCUT2D eigenvalue weighted by molar-refractivity contribution is 6.99. The molecule has 4 aromatic rings. The Bertz CT molecular complexity index is 1360. The summed E-state index contributed by atoms with van der Waals surface area (Å²) < 4.78 is 12.0. The normalized spacial score (nSPS) is 14.9. The molecule has 0 radical (unpaired) electrons. The molecular weight excluding hydrogens is 349 g/mol. The predicted molar refractivity (Wildman–Crippen MR) is 110 cm³/mol. The van der Waals surface area contributed by atoms with E-state index in [1.165, 1.54) is 0 Å². The molecular formula is C23H12BNO3. The Morgan fingerprint density at radius 3 is 2.46 bits per heavy atom. The molecule has 0 saturated heterocycles. The molecule has 0 bridgehead atoms. The quantitative estimate of drug-likeness (QED) is 0.397. The maximum absolute atomic E-state index is 13.0. The third-order valence-corrected chi connectivity index (χ3v) is 5.93. The first kappa shape index (κ1) is 14.3. The summed E-state index contributed by atoms with van der Waals surface area (Å²) >= 11 is 0. The summed E-state index contributed by atoms with van der Waals surface area (Å²) in [6, 6.07) is 24.1. The molecule has 0 aliphatic carbocycles. The van der Waals surface area contributed by atoms with E-state index in [-0.39, 0.29) is 12.8 Å². The van der Waals surface area contributed by atoms with Crippen LogP contribution in [0.5, 0.6) is 17.2 Å². The van der Waals surface area contributed by atoms with Gasteiger partial charge in [0, 0.05) is 11.1 Å². The van der Waals surface area contributed by atoms with Gasteiger partial charge in [-0.2, -0.15) is 0 Å². The molecule has 0 unspecified atom stereocenters. The lowest BCUT2D eigenvalue weighted by Gasteiger charge is -2.40. The number of para-hydroxylation sites is 2. The number of anilines is 2. The number of benzene rings is 4. The predicted octanol–water partition coefficient (Wildman–Crippen LogP) is 3.43. The van der Waals surface area contributed by atoms with Gasteiger partial charge < -0.3 is 9.47 Å². The molecule has 0 fully saturated rings. The van der Waals surface area contributed by atoms with Crippen LogP contribution in [0.2, 0.25) is 0 Å². The van der Waals surface area contributed by atoms with Gasteiger partial charge in [0.1, 0.15) is 17.2 Å². The second-order valence-corrected chi connectivity index (χ2v) is 7.33. The van der Waals surface area contributed by atoms with Crippen molar-refractivity contribution < 1.29 is 14.3 Å². The lowest BCUT2D eigenvalue weighted by molar-refractivity contribution is 0.210. The van der Waals surface area contributed by atoms with Crippen molar-refractivity contribution in [1.82, 2.24) is 0 Å². The standard InChI is InChI=1S/C23H12BNO3/c26-23-25-16-9-3-1-7-14(16)24-15-8-2-4-10-17(15)27-19-12-13-6-5-11-18(28-23)20(13)22(25)21(19)24/h1-12H. The first-order valence-corrected chi connectivity index (χ1v) is 9.28. The molecule has 0 N–H and O–H groups in total. The third kappa shape index (κ3) is 1.56. The van der Waals surface area contributed by atoms with Crippen LogP contribution >= 0.6 is 0 Å². The van der Waals surface area contributed by atoms with Gasteiger partial charge in [-0.1, -0.05) is 48.5 Å². The fourth-order valence-electron chi connectivity index (χ4n) is 4.87. The van der Waals surface area contributed by atoms with Crippen LogP contribution in [0.25, 0.3) is 10.8 Å². The van der Waals surface area contributed by atoms with Gasteiger partial charge >= 0.3 is 6.09 Å². The van der Waals surface area contributed by atoms with Crippen LogP contribution in [0, 0.1) is 0 Å². The van der Waals surface area contributed by atoms with Gasteiger partial charge in [0.05, 0.1) is 5.69 Å². The summed E-state index contributed by atoms with van der Waals surface area (Å²) in [7, 11) is 0. The van der Waals surface area contributed by atoms with Crippen molar-refractivity contribution in [3.8, 4) is 17.2 Å². The number of rotatable bonds is 0. The van der Waals surface area contributed by atoms with Crippen LogP contribution in [0.3, 0.4) is 0 Å². The number of nitrogens with zero attached hydrogens (tertiary/aromatic N) is 1. The minimum absolute atomic E-state index is 0.0192. The zero-order chi connectivity index (χ0) is 18.4. The van der Waals surface area contributed by atoms with Gasteiger partial charge in [-0.15, -0.1) is 0 Å². The second kappa shape index (κ2) is 4.76. The Balaban J connectivity index is 1.71. The first-order valence-electron chi connectivity index (χ1n) is 9.28. The van der Waals surface area contributed by atoms with Gasteiger partial charge in [-0.05, 0) is 46.0 Å². The summed E-state index contributed by atoms with van der Waals surface area (Å²) in [5, 5.41) is 1.96. The van der Waals surface area contributed by atoms with E-state index in [2.05, 4.69) is 18.2 Å². The molecule has 3 heterocycles. The summed E-state index contributed by atoms with van der Waals surface area (Å²) in [5.41, 5.74) is 5.00. The van der Waals surface area contributed by atoms with Gasteiger partial charge in [-0.25, -0.2) is 9.69 Å². The van der Waals surface area contributed by atoms with E-state index < -0.39 is 0 Å². The number of carbonyl (C=O) groups is 1. The van der Waals surface area contributed by atoms with E-state index >= 15 is 0 Å². The van der Waals surface area contributed by atoms with E-state index in [1.807, 2.05) is 54.6 Å². The number of hydrogen-bond donors (Lipinski definition) is 0. The van der Waals surface area contributed by atoms with Crippen LogP contribution in [-0.4, -0.2) is 12.8 Å². The molecule has 28 heavy (non-hydrogen) atoms. The number of fused-ring (bicyclic) bond motifs is 5. The maximum atomic E-state index is 13.0. The van der Waals surface area contributed by atoms with E-state index in [0.717, 1.165) is 50.0 Å². The minimum atomic E-state index is -0.377. The third-order valence-electron chi connectivity index (χ3n) is 5.93. The largest absolute Gasteiger partial charge is 0.458 e. The Labute approximate surface area is 161 Å². The highest BCUT2D eigenvalue weighted by atomic mass is 16.6. The second-order valence-electron chi connectivity index (χ2n) is 7.33. The summed E-state index contributed by atoms with van der Waals surface area (Å²) in [4.78, 5) is 14.7. The van der Waals surface area contributed by atoms with Gasteiger partial charge in [0.15, 0.2) is 0 Å². The fraction of sp³-hybridized carbons (Fsp3) is 0. The highest BCUT2D eigenvalue weighted by Crippen LogP contribution is 2.46. The maximum Gasteiger partial charge on any atom is 0.424 e. The highest BCUT2D eigenvalue weighted by Gasteiger charge is 2.46. The van der Waals surface area contributed by atoms with Gasteiger partial charge in [0.2, 0.25) is 0 Å². The Kier molecular flexibility index (Phi) is 2.44. The average molecular weight is 361 g/mol. The van der Waals surface area contributed by atoms with Gasteiger partial charge in [0.25, 0.3) is 6.71 Å². The topological polar surface area (TPSA) is 38.8 Å². The molecule has 0 spiro atoms. The van der Waals surface area contributed by atoms with E-state index in [0.29, 0.717) is 5.75 Å². The van der Waals surface area contributed by atoms with E-state index in [9.17, 15) is 4.79 Å². The summed E-state index contributed by atoms with van der Waals surface area (Å²) in [5.74, 6) is 2.27.